The van der Waals surface area contributed by atoms with Crippen LogP contribution in [0.3, 0.4) is 0 Å². The van der Waals surface area contributed by atoms with E-state index in [9.17, 15) is 9.90 Å². The average molecular weight is 264 g/mol. The zero-order valence-corrected chi connectivity index (χ0v) is 10.9. The van der Waals surface area contributed by atoms with Crippen LogP contribution >= 0.6 is 0 Å². The summed E-state index contributed by atoms with van der Waals surface area (Å²) in [4.78, 5) is 15.6. The Morgan fingerprint density at radius 2 is 2.11 bits per heavy atom. The van der Waals surface area contributed by atoms with Crippen molar-refractivity contribution >= 4 is 17.4 Å². The van der Waals surface area contributed by atoms with Crippen molar-refractivity contribution in [3.05, 3.63) is 17.8 Å². The molecule has 1 fully saturated rings. The van der Waals surface area contributed by atoms with E-state index in [1.807, 2.05) is 0 Å². The molecule has 1 aromatic heterocycles. The number of primary amides is 1. The highest BCUT2D eigenvalue weighted by molar-refractivity contribution is 5.98. The number of hydrogen-bond donors (Lipinski definition) is 4. The number of amides is 1. The molecular weight excluding hydrogens is 244 g/mol. The van der Waals surface area contributed by atoms with E-state index >= 15 is 0 Å². The number of carbonyl (C=O) groups is 1. The van der Waals surface area contributed by atoms with Crippen LogP contribution in [0.1, 0.15) is 42.5 Å². The Morgan fingerprint density at radius 1 is 1.42 bits per heavy atom. The molecule has 0 aromatic carbocycles. The van der Waals surface area contributed by atoms with Gasteiger partial charge in [0.25, 0.3) is 5.91 Å². The summed E-state index contributed by atoms with van der Waals surface area (Å²) in [5.74, 6) is -0.177. The minimum Gasteiger partial charge on any atom is -0.397 e. The molecule has 1 aliphatic rings. The molecule has 1 amide bonds. The summed E-state index contributed by atoms with van der Waals surface area (Å²) < 4.78 is 0. The molecule has 0 saturated heterocycles. The maximum absolute atomic E-state index is 11.4. The first-order valence-corrected chi connectivity index (χ1v) is 6.51. The Labute approximate surface area is 112 Å². The highest BCUT2D eigenvalue weighted by Crippen LogP contribution is 2.32. The lowest BCUT2D eigenvalue weighted by molar-refractivity contribution is 0.1000. The van der Waals surface area contributed by atoms with Gasteiger partial charge in [-0.2, -0.15) is 0 Å². The van der Waals surface area contributed by atoms with Gasteiger partial charge in [-0.05, 0) is 18.9 Å². The van der Waals surface area contributed by atoms with E-state index in [4.69, 9.17) is 11.5 Å². The number of nitrogens with zero attached hydrogens (tertiary/aromatic N) is 1. The molecule has 2 rings (SSSR count). The van der Waals surface area contributed by atoms with Crippen LogP contribution in [0.15, 0.2) is 12.3 Å². The lowest BCUT2D eigenvalue weighted by Gasteiger charge is -2.37. The van der Waals surface area contributed by atoms with Crippen LogP contribution in [0.2, 0.25) is 0 Å². The number of nitrogen functional groups attached to an aromatic ring is 1. The van der Waals surface area contributed by atoms with Gasteiger partial charge in [0.1, 0.15) is 5.82 Å². The second-order valence-corrected chi connectivity index (χ2v) is 5.15. The predicted octanol–water partition coefficient (Wildman–Crippen LogP) is 0.870. The van der Waals surface area contributed by atoms with Crippen molar-refractivity contribution in [2.45, 2.75) is 37.6 Å². The standard InChI is InChI=1S/C13H20N4O2/c14-9-6-10(11(15)19)12(16-7-9)17-13(8-18)4-2-1-3-5-13/h6-7,18H,1-5,8,14H2,(H2,15,19)(H,16,17). The van der Waals surface area contributed by atoms with Crippen LogP contribution < -0.4 is 16.8 Å². The summed E-state index contributed by atoms with van der Waals surface area (Å²) in [7, 11) is 0. The molecule has 0 spiro atoms. The first-order chi connectivity index (χ1) is 9.06. The van der Waals surface area contributed by atoms with E-state index in [2.05, 4.69) is 10.3 Å². The number of carbonyl (C=O) groups excluding carboxylic acids is 1. The van der Waals surface area contributed by atoms with Crippen LogP contribution in [0.4, 0.5) is 11.5 Å². The van der Waals surface area contributed by atoms with Crippen molar-refractivity contribution < 1.29 is 9.90 Å². The fraction of sp³-hybridized carbons (Fsp3) is 0.538. The number of aliphatic hydroxyl groups is 1. The topological polar surface area (TPSA) is 114 Å². The van der Waals surface area contributed by atoms with Gasteiger partial charge in [0.2, 0.25) is 0 Å². The van der Waals surface area contributed by atoms with Gasteiger partial charge in [0.15, 0.2) is 0 Å². The third kappa shape index (κ3) is 2.96. The second kappa shape index (κ2) is 5.44. The molecule has 1 aromatic rings. The lowest BCUT2D eigenvalue weighted by Crippen LogP contribution is -2.44. The molecular formula is C13H20N4O2. The molecule has 1 heterocycles. The first-order valence-electron chi connectivity index (χ1n) is 6.51. The molecule has 0 aliphatic heterocycles. The first kappa shape index (κ1) is 13.6. The minimum absolute atomic E-state index is 0.0112. The van der Waals surface area contributed by atoms with Crippen LogP contribution in [-0.2, 0) is 0 Å². The summed E-state index contributed by atoms with van der Waals surface area (Å²) in [5.41, 5.74) is 11.2. The van der Waals surface area contributed by atoms with Crippen LogP contribution in [0.25, 0.3) is 0 Å². The van der Waals surface area contributed by atoms with E-state index in [1.54, 1.807) is 0 Å². The van der Waals surface area contributed by atoms with Crippen molar-refractivity contribution in [2.75, 3.05) is 17.7 Å². The Kier molecular flexibility index (Phi) is 3.90. The number of rotatable bonds is 4. The summed E-state index contributed by atoms with van der Waals surface area (Å²) in [5, 5.41) is 12.9. The van der Waals surface area contributed by atoms with Crippen molar-refractivity contribution in [1.29, 1.82) is 0 Å². The van der Waals surface area contributed by atoms with E-state index < -0.39 is 11.4 Å². The highest BCUT2D eigenvalue weighted by Gasteiger charge is 2.32. The number of pyridine rings is 1. The summed E-state index contributed by atoms with van der Waals surface area (Å²) in [6, 6.07) is 1.51. The fourth-order valence-electron chi connectivity index (χ4n) is 2.57. The Hall–Kier alpha value is -1.82. The second-order valence-electron chi connectivity index (χ2n) is 5.15. The number of hydrogen-bond acceptors (Lipinski definition) is 5. The van der Waals surface area contributed by atoms with E-state index in [0.717, 1.165) is 25.7 Å². The molecule has 1 aliphatic carbocycles. The maximum Gasteiger partial charge on any atom is 0.252 e. The largest absolute Gasteiger partial charge is 0.397 e. The third-order valence-electron chi connectivity index (χ3n) is 3.67. The lowest BCUT2D eigenvalue weighted by atomic mass is 9.82. The molecule has 0 bridgehead atoms. The molecule has 1 saturated carbocycles. The van der Waals surface area contributed by atoms with Gasteiger partial charge in [-0.1, -0.05) is 19.3 Å². The van der Waals surface area contributed by atoms with Gasteiger partial charge in [-0.25, -0.2) is 4.98 Å². The van der Waals surface area contributed by atoms with E-state index in [0.29, 0.717) is 11.5 Å². The number of nitrogens with one attached hydrogen (secondary N) is 1. The monoisotopic (exact) mass is 264 g/mol. The quantitative estimate of drug-likeness (QED) is 0.644. The summed E-state index contributed by atoms with van der Waals surface area (Å²) >= 11 is 0. The summed E-state index contributed by atoms with van der Waals surface area (Å²) in [6.07, 6.45) is 6.45. The normalized spacial score (nSPS) is 17.9. The third-order valence-corrected chi connectivity index (χ3v) is 3.67. The Bertz CT molecular complexity index is 470. The number of aliphatic hydroxyl groups excluding tert-OH is 1. The van der Waals surface area contributed by atoms with Gasteiger partial charge in [0.05, 0.1) is 29.6 Å². The van der Waals surface area contributed by atoms with Crippen LogP contribution in [0, 0.1) is 0 Å². The van der Waals surface area contributed by atoms with Gasteiger partial charge in [-0.3, -0.25) is 4.79 Å². The Balaban J connectivity index is 2.28. The van der Waals surface area contributed by atoms with Crippen molar-refractivity contribution in [3.63, 3.8) is 0 Å². The van der Waals surface area contributed by atoms with Gasteiger partial charge >= 0.3 is 0 Å². The average Bonchev–Trinajstić information content (AvgIpc) is 2.42. The molecule has 6 nitrogen and oxygen atoms in total. The smallest absolute Gasteiger partial charge is 0.252 e. The number of nitrogens with two attached hydrogens (primary N) is 2. The molecule has 19 heavy (non-hydrogen) atoms. The molecule has 0 radical (unpaired) electrons. The van der Waals surface area contributed by atoms with Gasteiger partial charge in [-0.15, -0.1) is 0 Å². The minimum atomic E-state index is -0.578. The van der Waals surface area contributed by atoms with E-state index in [-0.39, 0.29) is 12.2 Å². The summed E-state index contributed by atoms with van der Waals surface area (Å²) in [6.45, 7) is 0.0112. The van der Waals surface area contributed by atoms with Crippen molar-refractivity contribution in [3.8, 4) is 0 Å². The predicted molar refractivity (Wildman–Crippen MR) is 73.7 cm³/mol. The van der Waals surface area contributed by atoms with Crippen molar-refractivity contribution in [1.82, 2.24) is 4.98 Å². The highest BCUT2D eigenvalue weighted by atomic mass is 16.3. The van der Waals surface area contributed by atoms with Gasteiger partial charge < -0.3 is 21.9 Å². The van der Waals surface area contributed by atoms with E-state index in [1.165, 1.54) is 18.7 Å². The Morgan fingerprint density at radius 3 is 2.68 bits per heavy atom. The number of aromatic nitrogens is 1. The maximum atomic E-state index is 11.4. The molecule has 104 valence electrons. The molecule has 6 N–H and O–H groups in total. The van der Waals surface area contributed by atoms with Gasteiger partial charge in [0, 0.05) is 0 Å². The van der Waals surface area contributed by atoms with Crippen LogP contribution in [-0.4, -0.2) is 28.1 Å². The van der Waals surface area contributed by atoms with Crippen molar-refractivity contribution in [2.24, 2.45) is 5.73 Å². The fourth-order valence-corrected chi connectivity index (χ4v) is 2.57. The molecule has 6 heteroatoms. The SMILES string of the molecule is NC(=O)c1cc(N)cnc1NC1(CO)CCCCC1. The number of anilines is 2. The molecule has 0 atom stereocenters. The zero-order chi connectivity index (χ0) is 13.9. The molecule has 0 unspecified atom stereocenters. The zero-order valence-electron chi connectivity index (χ0n) is 10.9. The van der Waals surface area contributed by atoms with Crippen LogP contribution in [0.5, 0.6) is 0 Å².